The normalized spacial score (nSPS) is 19.8. The Bertz CT molecular complexity index is 414. The number of ketones is 1. The van der Waals surface area contributed by atoms with Crippen LogP contribution in [0.1, 0.15) is 49.0 Å². The van der Waals surface area contributed by atoms with Crippen LogP contribution in [-0.4, -0.2) is 40.1 Å². The summed E-state index contributed by atoms with van der Waals surface area (Å²) in [4.78, 5) is 14.9. The fourth-order valence-electron chi connectivity index (χ4n) is 2.97. The second kappa shape index (κ2) is 5.22. The molecule has 1 saturated carbocycles. The van der Waals surface area contributed by atoms with Crippen molar-refractivity contribution in [3.05, 3.63) is 18.0 Å². The lowest BCUT2D eigenvalue weighted by atomic mass is 9.83. The molecule has 1 aliphatic rings. The highest BCUT2D eigenvalue weighted by atomic mass is 16.1. The van der Waals surface area contributed by atoms with Crippen LogP contribution in [0, 0.1) is 0 Å². The number of likely N-dealkylation sites (N-methyl/N-ethyl adjacent to an activating group) is 1. The van der Waals surface area contributed by atoms with Crippen LogP contribution in [0.15, 0.2) is 12.3 Å². The molecule has 4 nitrogen and oxygen atoms in total. The van der Waals surface area contributed by atoms with Gasteiger partial charge in [-0.2, -0.15) is 5.10 Å². The van der Waals surface area contributed by atoms with E-state index in [4.69, 9.17) is 0 Å². The number of hydrogen-bond acceptors (Lipinski definition) is 3. The molecule has 0 saturated heterocycles. The zero-order chi connectivity index (χ0) is 13.2. The summed E-state index contributed by atoms with van der Waals surface area (Å²) in [6.07, 6.45) is 8.50. The van der Waals surface area contributed by atoms with Gasteiger partial charge in [-0.05, 0) is 33.0 Å². The van der Waals surface area contributed by atoms with Crippen molar-refractivity contribution < 1.29 is 4.79 Å². The van der Waals surface area contributed by atoms with E-state index in [-0.39, 0.29) is 11.3 Å². The summed E-state index contributed by atoms with van der Waals surface area (Å²) in [7, 11) is 5.89. The maximum Gasteiger partial charge on any atom is 0.203 e. The fraction of sp³-hybridized carbons (Fsp3) is 0.714. The smallest absolute Gasteiger partial charge is 0.203 e. The molecule has 0 N–H and O–H groups in total. The number of aromatic nitrogens is 2. The van der Waals surface area contributed by atoms with Gasteiger partial charge in [-0.15, -0.1) is 0 Å². The third-order valence-electron chi connectivity index (χ3n) is 4.16. The molecule has 0 aliphatic heterocycles. The van der Waals surface area contributed by atoms with E-state index in [0.717, 1.165) is 25.7 Å². The summed E-state index contributed by atoms with van der Waals surface area (Å²) in [5.74, 6) is 0.190. The first-order valence-corrected chi connectivity index (χ1v) is 6.78. The number of nitrogens with zero attached hydrogens (tertiary/aromatic N) is 3. The summed E-state index contributed by atoms with van der Waals surface area (Å²) in [5, 5.41) is 4.28. The van der Waals surface area contributed by atoms with E-state index in [9.17, 15) is 4.79 Å². The van der Waals surface area contributed by atoms with Gasteiger partial charge in [0.15, 0.2) is 0 Å². The topological polar surface area (TPSA) is 38.1 Å². The van der Waals surface area contributed by atoms with Crippen molar-refractivity contribution in [2.45, 2.75) is 44.1 Å². The van der Waals surface area contributed by atoms with Gasteiger partial charge < -0.3 is 0 Å². The average molecular weight is 249 g/mol. The minimum Gasteiger partial charge on any atom is -0.297 e. The van der Waals surface area contributed by atoms with Crippen molar-refractivity contribution >= 4 is 5.78 Å². The van der Waals surface area contributed by atoms with Gasteiger partial charge in [0.1, 0.15) is 5.69 Å². The Morgan fingerprint density at radius 1 is 1.28 bits per heavy atom. The Morgan fingerprint density at radius 2 is 1.89 bits per heavy atom. The van der Waals surface area contributed by atoms with E-state index < -0.39 is 0 Å². The van der Waals surface area contributed by atoms with Crippen molar-refractivity contribution in [2.24, 2.45) is 7.05 Å². The summed E-state index contributed by atoms with van der Waals surface area (Å²) < 4.78 is 1.70. The van der Waals surface area contributed by atoms with Crippen LogP contribution < -0.4 is 0 Å². The molecule has 1 aromatic rings. The van der Waals surface area contributed by atoms with Crippen LogP contribution in [0.2, 0.25) is 0 Å². The Labute approximate surface area is 109 Å². The zero-order valence-corrected chi connectivity index (χ0v) is 11.6. The zero-order valence-electron chi connectivity index (χ0n) is 11.6. The first-order valence-electron chi connectivity index (χ1n) is 6.78. The van der Waals surface area contributed by atoms with E-state index in [2.05, 4.69) is 10.00 Å². The van der Waals surface area contributed by atoms with E-state index in [1.165, 1.54) is 12.8 Å². The van der Waals surface area contributed by atoms with Gasteiger partial charge in [-0.1, -0.05) is 25.7 Å². The molecule has 0 unspecified atom stereocenters. The number of aryl methyl sites for hydroxylation is 1. The van der Waals surface area contributed by atoms with E-state index in [1.807, 2.05) is 33.4 Å². The maximum absolute atomic E-state index is 12.8. The third-order valence-corrected chi connectivity index (χ3v) is 4.16. The first kappa shape index (κ1) is 13.3. The van der Waals surface area contributed by atoms with Gasteiger partial charge in [-0.25, -0.2) is 0 Å². The van der Waals surface area contributed by atoms with E-state index in [1.54, 1.807) is 4.68 Å². The second-order valence-corrected chi connectivity index (χ2v) is 5.54. The van der Waals surface area contributed by atoms with Gasteiger partial charge in [0.05, 0.1) is 5.54 Å². The van der Waals surface area contributed by atoms with Crippen LogP contribution in [0.25, 0.3) is 0 Å². The molecular weight excluding hydrogens is 226 g/mol. The Kier molecular flexibility index (Phi) is 3.85. The Morgan fingerprint density at radius 3 is 2.33 bits per heavy atom. The largest absolute Gasteiger partial charge is 0.297 e. The van der Waals surface area contributed by atoms with Gasteiger partial charge >= 0.3 is 0 Å². The number of hydrogen-bond donors (Lipinski definition) is 0. The summed E-state index contributed by atoms with van der Waals surface area (Å²) in [6.45, 7) is 0. The molecule has 0 atom stereocenters. The van der Waals surface area contributed by atoms with Crippen LogP contribution in [0.3, 0.4) is 0 Å². The SMILES string of the molecule is CN(C)C1(C(=O)c2ccn(C)n2)CCCCCC1. The lowest BCUT2D eigenvalue weighted by molar-refractivity contribution is 0.0628. The summed E-state index contributed by atoms with van der Waals surface area (Å²) in [5.41, 5.74) is 0.262. The van der Waals surface area contributed by atoms with Crippen molar-refractivity contribution in [3.8, 4) is 0 Å². The Hall–Kier alpha value is -1.16. The van der Waals surface area contributed by atoms with E-state index in [0.29, 0.717) is 5.69 Å². The number of carbonyl (C=O) groups is 1. The molecule has 1 aromatic heterocycles. The third kappa shape index (κ3) is 2.34. The number of rotatable bonds is 3. The molecule has 18 heavy (non-hydrogen) atoms. The van der Waals surface area contributed by atoms with Crippen LogP contribution in [0.4, 0.5) is 0 Å². The van der Waals surface area contributed by atoms with Gasteiger partial charge in [0, 0.05) is 13.2 Å². The molecule has 4 heteroatoms. The first-order chi connectivity index (χ1) is 8.56. The van der Waals surface area contributed by atoms with Crippen molar-refractivity contribution in [1.82, 2.24) is 14.7 Å². The fourth-order valence-corrected chi connectivity index (χ4v) is 2.97. The lowest BCUT2D eigenvalue weighted by Crippen LogP contribution is -2.51. The predicted octanol–water partition coefficient (Wildman–Crippen LogP) is 2.26. The van der Waals surface area contributed by atoms with Crippen molar-refractivity contribution in [3.63, 3.8) is 0 Å². The van der Waals surface area contributed by atoms with Crippen LogP contribution in [0.5, 0.6) is 0 Å². The molecule has 0 amide bonds. The molecule has 100 valence electrons. The highest BCUT2D eigenvalue weighted by molar-refractivity contribution is 6.01. The molecule has 0 spiro atoms. The highest BCUT2D eigenvalue weighted by Gasteiger charge is 2.41. The van der Waals surface area contributed by atoms with Crippen LogP contribution in [-0.2, 0) is 7.05 Å². The number of Topliss-reactive ketones (excluding diaryl/α,β-unsaturated/α-hetero) is 1. The molecule has 2 rings (SSSR count). The summed E-state index contributed by atoms with van der Waals surface area (Å²) >= 11 is 0. The van der Waals surface area contributed by atoms with E-state index >= 15 is 0 Å². The second-order valence-electron chi connectivity index (χ2n) is 5.54. The minimum atomic E-state index is -0.342. The van der Waals surface area contributed by atoms with Gasteiger partial charge in [0.25, 0.3) is 0 Å². The monoisotopic (exact) mass is 249 g/mol. The molecule has 0 radical (unpaired) electrons. The van der Waals surface area contributed by atoms with Crippen molar-refractivity contribution in [2.75, 3.05) is 14.1 Å². The molecule has 1 heterocycles. The minimum absolute atomic E-state index is 0.190. The summed E-state index contributed by atoms with van der Waals surface area (Å²) in [6, 6.07) is 1.83. The molecule has 0 bridgehead atoms. The Balaban J connectivity index is 2.31. The quantitative estimate of drug-likeness (QED) is 0.609. The molecule has 0 aromatic carbocycles. The molecule has 1 aliphatic carbocycles. The maximum atomic E-state index is 12.8. The predicted molar refractivity (Wildman–Crippen MR) is 71.7 cm³/mol. The average Bonchev–Trinajstić information content (AvgIpc) is 2.63. The standard InChI is InChI=1S/C14H23N3O/c1-16(2)14(9-6-4-5-7-10-14)13(18)12-8-11-17(3)15-12/h8,11H,4-7,9-10H2,1-3H3. The van der Waals surface area contributed by atoms with Crippen LogP contribution >= 0.6 is 0 Å². The van der Waals surface area contributed by atoms with Gasteiger partial charge in [-0.3, -0.25) is 14.4 Å². The number of carbonyl (C=O) groups excluding carboxylic acids is 1. The molecule has 1 fully saturated rings. The highest BCUT2D eigenvalue weighted by Crippen LogP contribution is 2.33. The molecular formula is C14H23N3O. The van der Waals surface area contributed by atoms with Gasteiger partial charge in [0.2, 0.25) is 5.78 Å². The van der Waals surface area contributed by atoms with Crippen molar-refractivity contribution in [1.29, 1.82) is 0 Å². The lowest BCUT2D eigenvalue weighted by Gasteiger charge is -2.37.